The highest BCUT2D eigenvalue weighted by molar-refractivity contribution is 8.00. The van der Waals surface area contributed by atoms with Crippen LogP contribution in [-0.4, -0.2) is 10.7 Å². The summed E-state index contributed by atoms with van der Waals surface area (Å²) >= 11 is 1.96. The number of anilines is 1. The van der Waals surface area contributed by atoms with Gasteiger partial charge in [-0.15, -0.1) is 11.8 Å². The van der Waals surface area contributed by atoms with Gasteiger partial charge in [-0.25, -0.2) is 0 Å². The lowest BCUT2D eigenvalue weighted by Gasteiger charge is -2.31. The van der Waals surface area contributed by atoms with Gasteiger partial charge in [0.2, 0.25) is 5.91 Å². The average Bonchev–Trinajstić information content (AvgIpc) is 2.48. The Hall–Kier alpha value is -0.960. The van der Waals surface area contributed by atoms with E-state index in [2.05, 4.69) is 31.3 Å². The summed E-state index contributed by atoms with van der Waals surface area (Å²) < 4.78 is 0.262. The summed E-state index contributed by atoms with van der Waals surface area (Å²) in [5, 5.41) is 2.99. The molecule has 1 aromatic rings. The SMILES string of the molecule is CC(C)(CC1CCCCC1)Sc1ccc(NC(=O)C(C)(C)C)cc1. The number of nitrogens with one attached hydrogen (secondary N) is 1. The summed E-state index contributed by atoms with van der Waals surface area (Å²) in [6, 6.07) is 8.29. The Morgan fingerprint density at radius 1 is 1.04 bits per heavy atom. The van der Waals surface area contributed by atoms with Gasteiger partial charge in [0.25, 0.3) is 0 Å². The Morgan fingerprint density at radius 2 is 1.62 bits per heavy atom. The fraction of sp³-hybridized carbons (Fsp3) is 0.667. The standard InChI is InChI=1S/C21H33NOS/c1-20(2,3)19(23)22-17-11-13-18(14-12-17)24-21(4,5)15-16-9-7-6-8-10-16/h11-14,16H,6-10,15H2,1-5H3,(H,22,23). The smallest absolute Gasteiger partial charge is 0.229 e. The van der Waals surface area contributed by atoms with Gasteiger partial charge in [0.05, 0.1) is 0 Å². The summed E-state index contributed by atoms with van der Waals surface area (Å²) in [6.07, 6.45) is 8.34. The van der Waals surface area contributed by atoms with Crippen LogP contribution in [0.5, 0.6) is 0 Å². The maximum atomic E-state index is 12.1. The van der Waals surface area contributed by atoms with Gasteiger partial charge in [-0.1, -0.05) is 66.7 Å². The Kier molecular flexibility index (Phi) is 6.41. The molecular weight excluding hydrogens is 314 g/mol. The van der Waals surface area contributed by atoms with Gasteiger partial charge in [0.15, 0.2) is 0 Å². The predicted octanol–water partition coefficient (Wildman–Crippen LogP) is 6.51. The van der Waals surface area contributed by atoms with Gasteiger partial charge in [0.1, 0.15) is 0 Å². The van der Waals surface area contributed by atoms with Crippen LogP contribution in [0.1, 0.15) is 73.1 Å². The minimum absolute atomic E-state index is 0.0560. The molecule has 24 heavy (non-hydrogen) atoms. The lowest BCUT2D eigenvalue weighted by molar-refractivity contribution is -0.123. The molecule has 134 valence electrons. The first-order valence-electron chi connectivity index (χ1n) is 9.26. The fourth-order valence-electron chi connectivity index (χ4n) is 3.37. The quantitative estimate of drug-likeness (QED) is 0.615. The maximum absolute atomic E-state index is 12.1. The Labute approximate surface area is 152 Å². The highest BCUT2D eigenvalue weighted by Crippen LogP contribution is 2.41. The molecule has 3 heteroatoms. The number of hydrogen-bond acceptors (Lipinski definition) is 2. The van der Waals surface area contributed by atoms with Crippen molar-refractivity contribution in [2.24, 2.45) is 11.3 Å². The lowest BCUT2D eigenvalue weighted by Crippen LogP contribution is -2.27. The number of thioether (sulfide) groups is 1. The molecule has 0 unspecified atom stereocenters. The van der Waals surface area contributed by atoms with E-state index in [4.69, 9.17) is 0 Å². The van der Waals surface area contributed by atoms with E-state index in [1.807, 2.05) is 44.7 Å². The summed E-state index contributed by atoms with van der Waals surface area (Å²) in [6.45, 7) is 10.5. The summed E-state index contributed by atoms with van der Waals surface area (Å²) in [4.78, 5) is 13.3. The van der Waals surface area contributed by atoms with E-state index in [1.54, 1.807) is 0 Å². The first-order chi connectivity index (χ1) is 11.2. The lowest BCUT2D eigenvalue weighted by atomic mass is 9.83. The Morgan fingerprint density at radius 3 is 2.17 bits per heavy atom. The van der Waals surface area contributed by atoms with Crippen LogP contribution in [0.3, 0.4) is 0 Å². The van der Waals surface area contributed by atoms with Gasteiger partial charge in [0, 0.05) is 20.7 Å². The maximum Gasteiger partial charge on any atom is 0.229 e. The summed E-state index contributed by atoms with van der Waals surface area (Å²) in [5.41, 5.74) is 0.513. The van der Waals surface area contributed by atoms with Crippen LogP contribution in [0.25, 0.3) is 0 Å². The van der Waals surface area contributed by atoms with Gasteiger partial charge in [-0.3, -0.25) is 4.79 Å². The molecular formula is C21H33NOS. The van der Waals surface area contributed by atoms with E-state index in [0.29, 0.717) is 0 Å². The molecule has 1 aromatic carbocycles. The second kappa shape index (κ2) is 7.95. The second-order valence-electron chi connectivity index (χ2n) is 8.80. The van der Waals surface area contributed by atoms with Crippen LogP contribution in [0.4, 0.5) is 5.69 Å². The van der Waals surface area contributed by atoms with Crippen LogP contribution in [0.2, 0.25) is 0 Å². The molecule has 0 heterocycles. The zero-order chi connectivity index (χ0) is 17.8. The number of benzene rings is 1. The van der Waals surface area contributed by atoms with Crippen molar-refractivity contribution in [1.82, 2.24) is 0 Å². The van der Waals surface area contributed by atoms with Gasteiger partial charge in [-0.2, -0.15) is 0 Å². The van der Waals surface area contributed by atoms with Crippen LogP contribution in [0.15, 0.2) is 29.2 Å². The zero-order valence-electron chi connectivity index (χ0n) is 15.9. The summed E-state index contributed by atoms with van der Waals surface area (Å²) in [5.74, 6) is 0.951. The molecule has 1 aliphatic carbocycles. The third kappa shape index (κ3) is 6.16. The van der Waals surface area contributed by atoms with E-state index in [1.165, 1.54) is 43.4 Å². The van der Waals surface area contributed by atoms with E-state index in [0.717, 1.165) is 11.6 Å². The van der Waals surface area contributed by atoms with Crippen molar-refractivity contribution < 1.29 is 4.79 Å². The number of rotatable bonds is 5. The Bertz CT molecular complexity index is 536. The molecule has 1 saturated carbocycles. The molecule has 0 atom stereocenters. The molecule has 2 rings (SSSR count). The molecule has 1 fully saturated rings. The molecule has 0 aliphatic heterocycles. The molecule has 0 saturated heterocycles. The van der Waals surface area contributed by atoms with Crippen molar-refractivity contribution in [3.8, 4) is 0 Å². The third-order valence-corrected chi connectivity index (χ3v) is 5.92. The normalized spacial score (nSPS) is 16.9. The van der Waals surface area contributed by atoms with E-state index in [-0.39, 0.29) is 16.1 Å². The number of amides is 1. The molecule has 1 aliphatic rings. The zero-order valence-corrected chi connectivity index (χ0v) is 16.8. The number of hydrogen-bond donors (Lipinski definition) is 1. The molecule has 1 amide bonds. The third-order valence-electron chi connectivity index (χ3n) is 4.69. The van der Waals surface area contributed by atoms with Crippen molar-refractivity contribution in [2.75, 3.05) is 5.32 Å². The molecule has 0 spiro atoms. The molecule has 2 nitrogen and oxygen atoms in total. The highest BCUT2D eigenvalue weighted by Gasteiger charge is 2.26. The first kappa shape index (κ1) is 19.4. The monoisotopic (exact) mass is 347 g/mol. The van der Waals surface area contributed by atoms with Crippen molar-refractivity contribution in [2.45, 2.75) is 82.8 Å². The first-order valence-corrected chi connectivity index (χ1v) is 10.1. The number of carbonyl (C=O) groups is 1. The Balaban J connectivity index is 1.91. The largest absolute Gasteiger partial charge is 0.326 e. The number of carbonyl (C=O) groups excluding carboxylic acids is 1. The van der Waals surface area contributed by atoms with Crippen LogP contribution >= 0.6 is 11.8 Å². The second-order valence-corrected chi connectivity index (χ2v) is 10.6. The topological polar surface area (TPSA) is 29.1 Å². The van der Waals surface area contributed by atoms with Crippen molar-refractivity contribution >= 4 is 23.4 Å². The van der Waals surface area contributed by atoms with E-state index in [9.17, 15) is 4.79 Å². The van der Waals surface area contributed by atoms with Crippen molar-refractivity contribution in [3.63, 3.8) is 0 Å². The van der Waals surface area contributed by atoms with Crippen LogP contribution in [0, 0.1) is 11.3 Å². The van der Waals surface area contributed by atoms with E-state index < -0.39 is 0 Å². The van der Waals surface area contributed by atoms with Crippen LogP contribution < -0.4 is 5.32 Å². The highest BCUT2D eigenvalue weighted by atomic mass is 32.2. The van der Waals surface area contributed by atoms with Crippen molar-refractivity contribution in [1.29, 1.82) is 0 Å². The van der Waals surface area contributed by atoms with Crippen molar-refractivity contribution in [3.05, 3.63) is 24.3 Å². The minimum Gasteiger partial charge on any atom is -0.326 e. The molecule has 1 N–H and O–H groups in total. The summed E-state index contributed by atoms with van der Waals surface area (Å²) in [7, 11) is 0. The van der Waals surface area contributed by atoms with Gasteiger partial charge >= 0.3 is 0 Å². The van der Waals surface area contributed by atoms with Gasteiger partial charge in [-0.05, 0) is 36.6 Å². The van der Waals surface area contributed by atoms with Crippen LogP contribution in [-0.2, 0) is 4.79 Å². The molecule has 0 bridgehead atoms. The van der Waals surface area contributed by atoms with E-state index >= 15 is 0 Å². The average molecular weight is 348 g/mol. The molecule has 0 aromatic heterocycles. The predicted molar refractivity (Wildman–Crippen MR) is 106 cm³/mol. The minimum atomic E-state index is -0.366. The molecule has 0 radical (unpaired) electrons. The fourth-order valence-corrected chi connectivity index (χ4v) is 4.60. The van der Waals surface area contributed by atoms with Gasteiger partial charge < -0.3 is 5.32 Å².